The smallest absolute Gasteiger partial charge is 0.207 e. The molecule has 0 saturated carbocycles. The fourth-order valence-electron chi connectivity index (χ4n) is 0.132. The molecule has 0 bridgehead atoms. The van der Waals surface area contributed by atoms with Gasteiger partial charge in [0.2, 0.25) is 6.67 Å². The standard InChI is InChI=1S/C2H2N2S/c1-3-2-5-4-1/h2,4H. The van der Waals surface area contributed by atoms with Crippen LogP contribution in [0, 0.1) is 6.67 Å². The largest absolute Gasteiger partial charge is 0.253 e. The van der Waals surface area contributed by atoms with Gasteiger partial charge in [-0.25, -0.2) is 4.72 Å². The zero-order valence-electron chi connectivity index (χ0n) is 2.43. The minimum Gasteiger partial charge on any atom is -0.253 e. The van der Waals surface area contributed by atoms with Crippen LogP contribution in [0.5, 0.6) is 0 Å². The third kappa shape index (κ3) is 0.629. The van der Waals surface area contributed by atoms with Crippen molar-refractivity contribution in [1.29, 1.82) is 0 Å². The Labute approximate surface area is 34.8 Å². The molecule has 0 spiro atoms. The van der Waals surface area contributed by atoms with E-state index in [1.807, 2.05) is 0 Å². The van der Waals surface area contributed by atoms with Crippen LogP contribution < -0.4 is 4.72 Å². The van der Waals surface area contributed by atoms with E-state index in [1.54, 1.807) is 5.55 Å². The summed E-state index contributed by atoms with van der Waals surface area (Å²) in [5, 5.41) is 0. The number of hydrogen-bond donors (Lipinski definition) is 1. The van der Waals surface area contributed by atoms with Gasteiger partial charge in [-0.1, -0.05) is 0 Å². The second-order valence-electron chi connectivity index (χ2n) is 0.566. The van der Waals surface area contributed by atoms with Crippen LogP contribution in [0.1, 0.15) is 0 Å². The Morgan fingerprint density at radius 2 is 3.00 bits per heavy atom. The van der Waals surface area contributed by atoms with Gasteiger partial charge in [0, 0.05) is 0 Å². The molecule has 1 heterocycles. The van der Waals surface area contributed by atoms with Crippen LogP contribution in [0.15, 0.2) is 4.99 Å². The molecule has 3 heteroatoms. The minimum absolute atomic E-state index is 1.42. The molecule has 0 unspecified atom stereocenters. The van der Waals surface area contributed by atoms with Crippen LogP contribution >= 0.6 is 11.9 Å². The van der Waals surface area contributed by atoms with E-state index in [0.29, 0.717) is 0 Å². The predicted octanol–water partition coefficient (Wildman–Crippen LogP) is 0.262. The van der Waals surface area contributed by atoms with Crippen molar-refractivity contribution in [1.82, 2.24) is 4.72 Å². The van der Waals surface area contributed by atoms with Crippen molar-refractivity contribution in [2.45, 2.75) is 0 Å². The molecule has 2 nitrogen and oxygen atoms in total. The van der Waals surface area contributed by atoms with Gasteiger partial charge in [-0.15, -0.1) is 0 Å². The van der Waals surface area contributed by atoms with Gasteiger partial charge >= 0.3 is 0 Å². The van der Waals surface area contributed by atoms with Crippen molar-refractivity contribution in [2.24, 2.45) is 4.99 Å². The lowest BCUT2D eigenvalue weighted by Gasteiger charge is -1.70. The maximum absolute atomic E-state index is 3.56. The van der Waals surface area contributed by atoms with Crippen molar-refractivity contribution in [2.75, 3.05) is 0 Å². The topological polar surface area (TPSA) is 24.4 Å². The Morgan fingerprint density at radius 1 is 2.00 bits per heavy atom. The van der Waals surface area contributed by atoms with E-state index in [4.69, 9.17) is 0 Å². The van der Waals surface area contributed by atoms with E-state index < -0.39 is 0 Å². The lowest BCUT2D eigenvalue weighted by Crippen LogP contribution is -1.84. The molecular weight excluding hydrogens is 84.1 g/mol. The zero-order chi connectivity index (χ0) is 3.54. The van der Waals surface area contributed by atoms with E-state index in [1.165, 1.54) is 11.9 Å². The van der Waals surface area contributed by atoms with E-state index >= 15 is 0 Å². The van der Waals surface area contributed by atoms with E-state index in [2.05, 4.69) is 16.4 Å². The molecule has 0 aromatic heterocycles. The molecule has 1 aliphatic heterocycles. The van der Waals surface area contributed by atoms with Crippen LogP contribution in [0.3, 0.4) is 0 Å². The van der Waals surface area contributed by atoms with Crippen molar-refractivity contribution in [3.05, 3.63) is 6.67 Å². The Hall–Kier alpha value is -0.0200. The van der Waals surface area contributed by atoms with Crippen molar-refractivity contribution in [3.8, 4) is 0 Å². The first-order valence-electron chi connectivity index (χ1n) is 1.17. The second-order valence-corrected chi connectivity index (χ2v) is 1.22. The third-order valence-corrected chi connectivity index (χ3v) is 0.694. The molecule has 5 heavy (non-hydrogen) atoms. The first kappa shape index (κ1) is 3.18. The van der Waals surface area contributed by atoms with Crippen LogP contribution in [0.2, 0.25) is 0 Å². The summed E-state index contributed by atoms with van der Waals surface area (Å²) < 4.78 is 2.67. The van der Waals surface area contributed by atoms with Gasteiger partial charge in [0.05, 0.1) is 5.55 Å². The number of rotatable bonds is 0. The fraction of sp³-hybridized carbons (Fsp3) is 0. The van der Waals surface area contributed by atoms with Crippen molar-refractivity contribution < 1.29 is 0 Å². The van der Waals surface area contributed by atoms with Crippen LogP contribution in [-0.4, -0.2) is 5.55 Å². The van der Waals surface area contributed by atoms with Gasteiger partial charge in [0.1, 0.15) is 0 Å². The summed E-state index contributed by atoms with van der Waals surface area (Å²) in [7, 11) is 0. The van der Waals surface area contributed by atoms with E-state index in [0.717, 1.165) is 0 Å². The molecule has 0 atom stereocenters. The number of nitrogens with zero attached hydrogens (tertiary/aromatic N) is 1. The summed E-state index contributed by atoms with van der Waals surface area (Å²) in [6, 6.07) is 0. The van der Waals surface area contributed by atoms with Gasteiger partial charge < -0.3 is 0 Å². The normalized spacial score (nSPS) is 20.8. The van der Waals surface area contributed by atoms with E-state index in [9.17, 15) is 0 Å². The first-order valence-corrected chi connectivity index (χ1v) is 2.05. The average Bonchev–Trinajstić information content (AvgIpc) is 1.76. The Balaban J connectivity index is 2.32. The summed E-state index contributed by atoms with van der Waals surface area (Å²) in [4.78, 5) is 3.56. The summed E-state index contributed by atoms with van der Waals surface area (Å²) in [5.41, 5.74) is 1.68. The summed E-state index contributed by atoms with van der Waals surface area (Å²) in [6.07, 6.45) is 0. The molecule has 0 amide bonds. The maximum atomic E-state index is 3.56. The van der Waals surface area contributed by atoms with Crippen molar-refractivity contribution in [3.63, 3.8) is 0 Å². The van der Waals surface area contributed by atoms with Gasteiger partial charge in [-0.2, -0.15) is 0 Å². The number of hydrogen-bond acceptors (Lipinski definition) is 3. The maximum Gasteiger partial charge on any atom is 0.207 e. The highest BCUT2D eigenvalue weighted by Crippen LogP contribution is 1.95. The minimum atomic E-state index is 1.42. The Kier molecular flexibility index (Phi) is 0.907. The fourth-order valence-corrected chi connectivity index (χ4v) is 0.395. The highest BCUT2D eigenvalue weighted by molar-refractivity contribution is 8.10. The first-order chi connectivity index (χ1) is 2.50. The molecule has 0 aromatic carbocycles. The van der Waals surface area contributed by atoms with Gasteiger partial charge in [-0.3, -0.25) is 4.99 Å². The highest BCUT2D eigenvalue weighted by Gasteiger charge is 1.86. The lowest BCUT2D eigenvalue weighted by atomic mass is 11.2. The molecule has 1 aliphatic rings. The molecule has 2 radical (unpaired) electrons. The van der Waals surface area contributed by atoms with Crippen LogP contribution in [0.25, 0.3) is 0 Å². The molecule has 1 N–H and O–H groups in total. The van der Waals surface area contributed by atoms with Crippen molar-refractivity contribution >= 4 is 17.5 Å². The number of nitrogens with one attached hydrogen (secondary N) is 1. The SMILES string of the molecule is [C]1N=CSN1. The van der Waals surface area contributed by atoms with Gasteiger partial charge in [-0.05, 0) is 11.9 Å². The average molecular weight is 86.1 g/mol. The highest BCUT2D eigenvalue weighted by atomic mass is 32.2. The molecule has 0 fully saturated rings. The summed E-state index contributed by atoms with van der Waals surface area (Å²) in [5.74, 6) is 0. The lowest BCUT2D eigenvalue weighted by molar-refractivity contribution is 1.19. The quantitative estimate of drug-likeness (QED) is 0.428. The predicted molar refractivity (Wildman–Crippen MR) is 22.5 cm³/mol. The Bertz CT molecular complexity index is 45.6. The molecular formula is C2H2N2S. The van der Waals surface area contributed by atoms with Gasteiger partial charge in [0.25, 0.3) is 0 Å². The molecule has 1 rings (SSSR count). The number of aliphatic imine (C=N–C) groups is 1. The monoisotopic (exact) mass is 86.0 g/mol. The zero-order valence-corrected chi connectivity index (χ0v) is 3.25. The second kappa shape index (κ2) is 1.43. The van der Waals surface area contributed by atoms with Crippen LogP contribution in [0.4, 0.5) is 0 Å². The van der Waals surface area contributed by atoms with E-state index in [-0.39, 0.29) is 0 Å². The Morgan fingerprint density at radius 3 is 3.20 bits per heavy atom. The molecule has 0 aliphatic carbocycles. The van der Waals surface area contributed by atoms with Crippen LogP contribution in [-0.2, 0) is 0 Å². The third-order valence-electron chi connectivity index (χ3n) is 0.275. The molecule has 0 aromatic rings. The summed E-state index contributed by atoms with van der Waals surface area (Å²) in [6.45, 7) is 2.50. The van der Waals surface area contributed by atoms with Gasteiger partial charge in [0.15, 0.2) is 0 Å². The summed E-state index contributed by atoms with van der Waals surface area (Å²) >= 11 is 1.42. The molecule has 26 valence electrons. The molecule has 0 saturated heterocycles.